The smallest absolute Gasteiger partial charge is 0.481 e. The van der Waals surface area contributed by atoms with Gasteiger partial charge in [-0.3, -0.25) is 52.9 Å². The average Bonchev–Trinajstić information content (AvgIpc) is 3.15. The third-order valence-electron chi connectivity index (χ3n) is 7.54. The van der Waals surface area contributed by atoms with E-state index in [4.69, 9.17) is 32.8 Å². The number of hydrogen-bond donors (Lipinski definition) is 14. The first-order valence-corrected chi connectivity index (χ1v) is 20.3. The van der Waals surface area contributed by atoms with Crippen LogP contribution in [0.15, 0.2) is 4.99 Å². The molecule has 0 spiro atoms. The Balaban J connectivity index is 0.00000486. The van der Waals surface area contributed by atoms with Crippen molar-refractivity contribution in [3.8, 4) is 0 Å². The van der Waals surface area contributed by atoms with Crippen LogP contribution in [0.3, 0.4) is 0 Å². The molecule has 1 rings (SSSR count). The Morgan fingerprint density at radius 3 is 1.65 bits per heavy atom. The van der Waals surface area contributed by atoms with Gasteiger partial charge in [-0.25, -0.2) is 4.79 Å². The highest BCUT2D eigenvalue weighted by Crippen LogP contribution is 2.23. The van der Waals surface area contributed by atoms with Gasteiger partial charge in [0.2, 0.25) is 47.3 Å². The molecule has 0 aromatic carbocycles. The standard InChI is InChI=1S/C29H48N12O12S2.C2HF3O2/c1-12(2)22-28(53)40-17(23(31)48)11-55-54-10-13(30)24(49)35-8-18(42)37-14(4-3-5-34-29(32)33)25(50)36-9-19(43)38-15(6-20(44)45)26(51)39-16(7-21(46)47)27(52)41-22;3-2(4,5)1(6)7/h12-17,22H,3-11,30H2,1-2H3,(H2,31,48)(H,35,49)(H,36,50)(H,37,42)(H,38,43)(H,39,51)(H,40,53)(H,41,52)(H,44,45)(H,46,47)(H4,32,33,34);(H,6,7)/t13-,14+,15+,16-,17-,22-;/m1./s1. The zero-order valence-electron chi connectivity index (χ0n) is 32.9. The molecule has 1 aliphatic rings. The van der Waals surface area contributed by atoms with Crippen LogP contribution in [0.5, 0.6) is 0 Å². The number of nitrogens with two attached hydrogens (primary N) is 4. The lowest BCUT2D eigenvalue weighted by atomic mass is 10.0. The summed E-state index contributed by atoms with van der Waals surface area (Å²) >= 11 is 0. The molecule has 6 atom stereocenters. The van der Waals surface area contributed by atoms with Gasteiger partial charge in [0.25, 0.3) is 0 Å². The number of rotatable bonds is 10. The van der Waals surface area contributed by atoms with Crippen molar-refractivity contribution in [2.24, 2.45) is 33.8 Å². The molecule has 0 aliphatic carbocycles. The topological polar surface area (TPSA) is 449 Å². The van der Waals surface area contributed by atoms with E-state index < -0.39 is 139 Å². The monoisotopic (exact) mass is 934 g/mol. The zero-order chi connectivity index (χ0) is 47.9. The predicted octanol–water partition coefficient (Wildman–Crippen LogP) is -5.86. The molecule has 0 aromatic heterocycles. The van der Waals surface area contributed by atoms with E-state index in [-0.39, 0.29) is 36.9 Å². The Bertz CT molecular complexity index is 1690. The number of primary amides is 1. The van der Waals surface area contributed by atoms with Crippen molar-refractivity contribution < 1.29 is 81.2 Å². The molecule has 0 aromatic rings. The van der Waals surface area contributed by atoms with Gasteiger partial charge < -0.3 is 75.5 Å². The summed E-state index contributed by atoms with van der Waals surface area (Å²) in [4.78, 5) is 139. The van der Waals surface area contributed by atoms with Crippen LogP contribution >= 0.6 is 21.6 Å². The van der Waals surface area contributed by atoms with Gasteiger partial charge in [-0.05, 0) is 18.8 Å². The van der Waals surface area contributed by atoms with Crippen LogP contribution in [0.2, 0.25) is 0 Å². The first-order chi connectivity index (χ1) is 28.7. The number of carbonyl (C=O) groups excluding carboxylic acids is 8. The van der Waals surface area contributed by atoms with Crippen LogP contribution in [0.1, 0.15) is 39.5 Å². The van der Waals surface area contributed by atoms with E-state index in [0.717, 1.165) is 21.6 Å². The second-order valence-corrected chi connectivity index (χ2v) is 15.6. The lowest BCUT2D eigenvalue weighted by Crippen LogP contribution is -2.60. The number of aliphatic carboxylic acids is 3. The Morgan fingerprint density at radius 1 is 0.710 bits per heavy atom. The molecule has 1 saturated heterocycles. The van der Waals surface area contributed by atoms with Gasteiger partial charge in [-0.1, -0.05) is 35.4 Å². The summed E-state index contributed by atoms with van der Waals surface area (Å²) in [5, 5.41) is 41.8. The third-order valence-corrected chi connectivity index (χ3v) is 9.99. The molecule has 26 nitrogen and oxygen atoms in total. The number of aliphatic imine (C=N–C) groups is 1. The number of nitrogens with one attached hydrogen (secondary N) is 7. The Kier molecular flexibility index (Phi) is 25.0. The molecular weight excluding hydrogens is 886 g/mol. The maximum Gasteiger partial charge on any atom is 0.490 e. The molecule has 1 fully saturated rings. The molecule has 0 saturated carbocycles. The summed E-state index contributed by atoms with van der Waals surface area (Å²) in [6.45, 7) is 1.63. The van der Waals surface area contributed by atoms with Crippen molar-refractivity contribution in [3.63, 3.8) is 0 Å². The summed E-state index contributed by atoms with van der Waals surface area (Å²) in [6.07, 6.45) is -7.06. The lowest BCUT2D eigenvalue weighted by Gasteiger charge is -2.27. The van der Waals surface area contributed by atoms with Crippen LogP contribution in [0, 0.1) is 5.92 Å². The molecule has 18 N–H and O–H groups in total. The van der Waals surface area contributed by atoms with Crippen LogP contribution in [0.4, 0.5) is 13.2 Å². The fourth-order valence-corrected chi connectivity index (χ4v) is 6.75. The first kappa shape index (κ1) is 55.9. The number of guanidine groups is 1. The van der Waals surface area contributed by atoms with Gasteiger partial charge in [0, 0.05) is 18.1 Å². The molecule has 1 aliphatic heterocycles. The van der Waals surface area contributed by atoms with Crippen LogP contribution < -0.4 is 60.2 Å². The second kappa shape index (κ2) is 27.7. The van der Waals surface area contributed by atoms with Gasteiger partial charge in [0.05, 0.1) is 32.0 Å². The average molecular weight is 935 g/mol. The van der Waals surface area contributed by atoms with E-state index in [1.54, 1.807) is 0 Å². The number of halogens is 3. The van der Waals surface area contributed by atoms with Crippen LogP contribution in [-0.4, -0.2) is 160 Å². The largest absolute Gasteiger partial charge is 0.490 e. The van der Waals surface area contributed by atoms with E-state index in [0.29, 0.717) is 0 Å². The maximum absolute atomic E-state index is 13.3. The minimum atomic E-state index is -5.08. The molecule has 0 bridgehead atoms. The quantitative estimate of drug-likeness (QED) is 0.0420. The number of amides is 8. The highest BCUT2D eigenvalue weighted by Gasteiger charge is 2.38. The molecule has 0 radical (unpaired) electrons. The van der Waals surface area contributed by atoms with Gasteiger partial charge >= 0.3 is 24.1 Å². The minimum Gasteiger partial charge on any atom is -0.481 e. The Hall–Kier alpha value is -6.11. The maximum atomic E-state index is 13.3. The minimum absolute atomic E-state index is 0.0237. The van der Waals surface area contributed by atoms with Crippen LogP contribution in [0.25, 0.3) is 0 Å². The molecule has 62 heavy (non-hydrogen) atoms. The molecule has 31 heteroatoms. The summed E-state index contributed by atoms with van der Waals surface area (Å²) in [5.74, 6) is -14.9. The second-order valence-electron chi connectivity index (χ2n) is 13.1. The highest BCUT2D eigenvalue weighted by atomic mass is 33.1. The van der Waals surface area contributed by atoms with Crippen LogP contribution in [-0.2, 0) is 52.7 Å². The molecule has 1 heterocycles. The van der Waals surface area contributed by atoms with E-state index in [1.165, 1.54) is 13.8 Å². The summed E-state index contributed by atoms with van der Waals surface area (Å²) in [5.41, 5.74) is 22.0. The molecular formula is C31H49F3N12O14S2. The zero-order valence-corrected chi connectivity index (χ0v) is 34.6. The third kappa shape index (κ3) is 23.6. The van der Waals surface area contributed by atoms with Crippen molar-refractivity contribution in [1.82, 2.24) is 37.2 Å². The van der Waals surface area contributed by atoms with Crippen molar-refractivity contribution in [2.45, 2.75) is 82.0 Å². The number of carboxylic acid groups (broad SMARTS) is 3. The number of nitrogens with zero attached hydrogens (tertiary/aromatic N) is 1. The molecule has 0 unspecified atom stereocenters. The van der Waals surface area contributed by atoms with E-state index in [9.17, 15) is 71.3 Å². The fourth-order valence-electron chi connectivity index (χ4n) is 4.45. The van der Waals surface area contributed by atoms with Crippen molar-refractivity contribution in [1.29, 1.82) is 0 Å². The number of hydrogen-bond acceptors (Lipinski definition) is 15. The van der Waals surface area contributed by atoms with Gasteiger partial charge in [-0.2, -0.15) is 13.2 Å². The van der Waals surface area contributed by atoms with Gasteiger partial charge in [0.1, 0.15) is 30.2 Å². The van der Waals surface area contributed by atoms with Crippen molar-refractivity contribution in [3.05, 3.63) is 0 Å². The SMILES string of the molecule is CC(C)[C@H]1NC(=O)[C@@H](CC(=O)O)NC(=O)[C@H](CC(=O)O)NC(=O)CNC(=O)[C@H](CCCN=C(N)N)NC(=O)CNC(=O)[C@H](N)CSSC[C@H](C(N)=O)NC1=O.O=C(O)C(F)(F)F. The highest BCUT2D eigenvalue weighted by molar-refractivity contribution is 8.76. The first-order valence-electron chi connectivity index (χ1n) is 17.8. The fraction of sp³-hybridized carbons (Fsp3) is 0.613. The Labute approximate surface area is 357 Å². The summed E-state index contributed by atoms with van der Waals surface area (Å²) < 4.78 is 31.7. The molecule has 8 amide bonds. The normalized spacial score (nSPS) is 23.2. The van der Waals surface area contributed by atoms with Gasteiger partial charge in [0.15, 0.2) is 5.96 Å². The van der Waals surface area contributed by atoms with Crippen molar-refractivity contribution in [2.75, 3.05) is 31.1 Å². The lowest BCUT2D eigenvalue weighted by molar-refractivity contribution is -0.192. The molecule has 350 valence electrons. The number of carboxylic acids is 3. The Morgan fingerprint density at radius 2 is 1.18 bits per heavy atom. The van der Waals surface area contributed by atoms with E-state index >= 15 is 0 Å². The van der Waals surface area contributed by atoms with Crippen molar-refractivity contribution >= 4 is 92.7 Å². The van der Waals surface area contributed by atoms with E-state index in [1.807, 2.05) is 0 Å². The number of carbonyl (C=O) groups is 11. The van der Waals surface area contributed by atoms with E-state index in [2.05, 4.69) is 42.2 Å². The predicted molar refractivity (Wildman–Crippen MR) is 211 cm³/mol. The number of alkyl halides is 3. The van der Waals surface area contributed by atoms with Gasteiger partial charge in [-0.15, -0.1) is 0 Å². The summed E-state index contributed by atoms with van der Waals surface area (Å²) in [7, 11) is 2.05. The summed E-state index contributed by atoms with van der Waals surface area (Å²) in [6, 6.07) is -8.93.